The SMILES string of the molecule is COc1cccc(N/C(C)=C/C(=O)c2ccc(Cl)cc2)c1. The minimum Gasteiger partial charge on any atom is -0.497 e. The Morgan fingerprint density at radius 1 is 1.19 bits per heavy atom. The zero-order valence-electron chi connectivity index (χ0n) is 11.9. The molecule has 3 nitrogen and oxygen atoms in total. The van der Waals surface area contributed by atoms with Crippen molar-refractivity contribution in [1.82, 2.24) is 0 Å². The Balaban J connectivity index is 2.09. The first-order valence-corrected chi connectivity index (χ1v) is 6.85. The molecular weight excluding hydrogens is 286 g/mol. The van der Waals surface area contributed by atoms with E-state index in [0.29, 0.717) is 10.6 Å². The first-order valence-electron chi connectivity index (χ1n) is 6.48. The number of carbonyl (C=O) groups excluding carboxylic acids is 1. The summed E-state index contributed by atoms with van der Waals surface area (Å²) in [5.41, 5.74) is 2.22. The molecule has 0 fully saturated rings. The molecule has 2 rings (SSSR count). The van der Waals surface area contributed by atoms with Crippen LogP contribution in [0.4, 0.5) is 5.69 Å². The van der Waals surface area contributed by atoms with Crippen molar-refractivity contribution >= 4 is 23.1 Å². The Morgan fingerprint density at radius 2 is 1.90 bits per heavy atom. The molecule has 0 aromatic heterocycles. The van der Waals surface area contributed by atoms with Gasteiger partial charge in [0, 0.05) is 34.1 Å². The van der Waals surface area contributed by atoms with Crippen LogP contribution in [0.3, 0.4) is 0 Å². The Bertz CT molecular complexity index is 663. The van der Waals surface area contributed by atoms with Crippen LogP contribution in [-0.4, -0.2) is 12.9 Å². The molecule has 0 amide bonds. The Morgan fingerprint density at radius 3 is 2.57 bits per heavy atom. The lowest BCUT2D eigenvalue weighted by atomic mass is 10.1. The third-order valence-electron chi connectivity index (χ3n) is 2.89. The molecule has 0 aliphatic heterocycles. The molecule has 2 aromatic carbocycles. The zero-order chi connectivity index (χ0) is 15.2. The van der Waals surface area contributed by atoms with E-state index in [2.05, 4.69) is 5.32 Å². The van der Waals surface area contributed by atoms with Crippen LogP contribution in [0.5, 0.6) is 5.75 Å². The van der Waals surface area contributed by atoms with Gasteiger partial charge in [-0.1, -0.05) is 17.7 Å². The highest BCUT2D eigenvalue weighted by molar-refractivity contribution is 6.30. The van der Waals surface area contributed by atoms with Crippen molar-refractivity contribution in [3.63, 3.8) is 0 Å². The molecule has 1 N–H and O–H groups in total. The van der Waals surface area contributed by atoms with Crippen LogP contribution in [0, 0.1) is 0 Å². The highest BCUT2D eigenvalue weighted by Crippen LogP contribution is 2.18. The molecule has 0 radical (unpaired) electrons. The molecule has 0 aliphatic rings. The summed E-state index contributed by atoms with van der Waals surface area (Å²) in [6.45, 7) is 1.84. The fraction of sp³-hybridized carbons (Fsp3) is 0.118. The maximum absolute atomic E-state index is 12.1. The number of ketones is 1. The predicted octanol–water partition coefficient (Wildman–Crippen LogP) is 4.55. The molecule has 0 atom stereocenters. The second-order valence-electron chi connectivity index (χ2n) is 4.56. The Labute approximate surface area is 129 Å². The second kappa shape index (κ2) is 6.95. The van der Waals surface area contributed by atoms with E-state index in [1.54, 1.807) is 37.5 Å². The van der Waals surface area contributed by atoms with E-state index in [-0.39, 0.29) is 5.78 Å². The van der Waals surface area contributed by atoms with Crippen LogP contribution >= 0.6 is 11.6 Å². The minimum atomic E-state index is -0.0698. The number of methoxy groups -OCH3 is 1. The number of nitrogens with one attached hydrogen (secondary N) is 1. The normalized spacial score (nSPS) is 11.1. The van der Waals surface area contributed by atoms with E-state index >= 15 is 0 Å². The number of anilines is 1. The molecule has 0 spiro atoms. The first-order chi connectivity index (χ1) is 10.1. The highest BCUT2D eigenvalue weighted by atomic mass is 35.5. The molecule has 108 valence electrons. The van der Waals surface area contributed by atoms with Gasteiger partial charge in [0.05, 0.1) is 7.11 Å². The minimum absolute atomic E-state index is 0.0698. The summed E-state index contributed by atoms with van der Waals surface area (Å²) in [5, 5.41) is 3.78. The van der Waals surface area contributed by atoms with Gasteiger partial charge in [-0.05, 0) is 43.3 Å². The van der Waals surface area contributed by atoms with Crippen LogP contribution in [-0.2, 0) is 0 Å². The molecule has 4 heteroatoms. The maximum atomic E-state index is 12.1. The molecule has 0 unspecified atom stereocenters. The number of carbonyl (C=O) groups is 1. The van der Waals surface area contributed by atoms with Gasteiger partial charge in [0.1, 0.15) is 5.75 Å². The van der Waals surface area contributed by atoms with Gasteiger partial charge in [0.15, 0.2) is 5.78 Å². The van der Waals surface area contributed by atoms with Gasteiger partial charge in [0.2, 0.25) is 0 Å². The van der Waals surface area contributed by atoms with Crippen molar-refractivity contribution in [3.8, 4) is 5.75 Å². The predicted molar refractivity (Wildman–Crippen MR) is 86.2 cm³/mol. The second-order valence-corrected chi connectivity index (χ2v) is 4.99. The van der Waals surface area contributed by atoms with Crippen LogP contribution < -0.4 is 10.1 Å². The highest BCUT2D eigenvalue weighted by Gasteiger charge is 2.03. The number of rotatable bonds is 5. The van der Waals surface area contributed by atoms with Crippen molar-refractivity contribution < 1.29 is 9.53 Å². The van der Waals surface area contributed by atoms with Crippen molar-refractivity contribution in [2.75, 3.05) is 12.4 Å². The third-order valence-corrected chi connectivity index (χ3v) is 3.14. The number of allylic oxidation sites excluding steroid dienone is 2. The van der Waals surface area contributed by atoms with Crippen molar-refractivity contribution in [3.05, 3.63) is 70.9 Å². The van der Waals surface area contributed by atoms with Crippen molar-refractivity contribution in [2.24, 2.45) is 0 Å². The van der Waals surface area contributed by atoms with Gasteiger partial charge in [-0.2, -0.15) is 0 Å². The molecule has 0 heterocycles. The third kappa shape index (κ3) is 4.36. The van der Waals surface area contributed by atoms with Gasteiger partial charge >= 0.3 is 0 Å². The van der Waals surface area contributed by atoms with E-state index < -0.39 is 0 Å². The molecule has 2 aromatic rings. The first kappa shape index (κ1) is 15.1. The fourth-order valence-electron chi connectivity index (χ4n) is 1.86. The maximum Gasteiger partial charge on any atom is 0.187 e. The van der Waals surface area contributed by atoms with E-state index in [1.807, 2.05) is 31.2 Å². The van der Waals surface area contributed by atoms with Crippen molar-refractivity contribution in [1.29, 1.82) is 0 Å². The number of ether oxygens (including phenoxy) is 1. The molecule has 0 aliphatic carbocycles. The zero-order valence-corrected chi connectivity index (χ0v) is 12.6. The van der Waals surface area contributed by atoms with E-state index in [4.69, 9.17) is 16.3 Å². The number of halogens is 1. The number of benzene rings is 2. The lowest BCUT2D eigenvalue weighted by molar-refractivity contribution is 0.104. The summed E-state index contributed by atoms with van der Waals surface area (Å²) >= 11 is 5.81. The van der Waals surface area contributed by atoms with Crippen LogP contribution in [0.1, 0.15) is 17.3 Å². The monoisotopic (exact) mass is 301 g/mol. The van der Waals surface area contributed by atoms with Gasteiger partial charge in [-0.25, -0.2) is 0 Å². The van der Waals surface area contributed by atoms with Gasteiger partial charge in [-0.3, -0.25) is 4.79 Å². The smallest absolute Gasteiger partial charge is 0.187 e. The lowest BCUT2D eigenvalue weighted by Crippen LogP contribution is -2.01. The van der Waals surface area contributed by atoms with E-state index in [0.717, 1.165) is 17.1 Å². The average Bonchev–Trinajstić information content (AvgIpc) is 2.47. The van der Waals surface area contributed by atoms with Crippen LogP contribution in [0.2, 0.25) is 5.02 Å². The summed E-state index contributed by atoms with van der Waals surface area (Å²) in [5.74, 6) is 0.691. The summed E-state index contributed by atoms with van der Waals surface area (Å²) in [7, 11) is 1.62. The van der Waals surface area contributed by atoms with Gasteiger partial charge < -0.3 is 10.1 Å². The topological polar surface area (TPSA) is 38.3 Å². The van der Waals surface area contributed by atoms with Gasteiger partial charge in [-0.15, -0.1) is 0 Å². The molecule has 21 heavy (non-hydrogen) atoms. The molecular formula is C17H16ClNO2. The largest absolute Gasteiger partial charge is 0.497 e. The van der Waals surface area contributed by atoms with E-state index in [9.17, 15) is 4.79 Å². The van der Waals surface area contributed by atoms with Crippen LogP contribution in [0.15, 0.2) is 60.3 Å². The lowest BCUT2D eigenvalue weighted by Gasteiger charge is -2.08. The quantitative estimate of drug-likeness (QED) is 0.650. The Kier molecular flexibility index (Phi) is 5.01. The summed E-state index contributed by atoms with van der Waals surface area (Å²) < 4.78 is 5.16. The summed E-state index contributed by atoms with van der Waals surface area (Å²) in [6.07, 6.45) is 1.56. The summed E-state index contributed by atoms with van der Waals surface area (Å²) in [6, 6.07) is 14.3. The molecule has 0 saturated carbocycles. The fourth-order valence-corrected chi connectivity index (χ4v) is 1.98. The average molecular weight is 302 g/mol. The van der Waals surface area contributed by atoms with Crippen molar-refractivity contribution in [2.45, 2.75) is 6.92 Å². The Hall–Kier alpha value is -2.26. The summed E-state index contributed by atoms with van der Waals surface area (Å²) in [4.78, 5) is 12.1. The van der Waals surface area contributed by atoms with E-state index in [1.165, 1.54) is 0 Å². The molecule has 0 bridgehead atoms. The standard InChI is InChI=1S/C17H16ClNO2/c1-12(19-15-4-3-5-16(11-15)21-2)10-17(20)13-6-8-14(18)9-7-13/h3-11,19H,1-2H3/b12-10+. The van der Waals surface area contributed by atoms with Gasteiger partial charge in [0.25, 0.3) is 0 Å². The molecule has 0 saturated heterocycles. The number of hydrogen-bond donors (Lipinski definition) is 1. The number of hydrogen-bond acceptors (Lipinski definition) is 3. The van der Waals surface area contributed by atoms with Crippen LogP contribution in [0.25, 0.3) is 0 Å².